The van der Waals surface area contributed by atoms with Gasteiger partial charge in [-0.2, -0.15) is 0 Å². The van der Waals surface area contributed by atoms with Crippen LogP contribution in [-0.4, -0.2) is 48.9 Å². The molecule has 1 saturated heterocycles. The van der Waals surface area contributed by atoms with E-state index < -0.39 is 5.60 Å². The average Bonchev–Trinajstić information content (AvgIpc) is 2.76. The second-order valence-electron chi connectivity index (χ2n) is 7.55. The largest absolute Gasteiger partial charge is 0.444 e. The third kappa shape index (κ3) is 6.02. The van der Waals surface area contributed by atoms with E-state index in [4.69, 9.17) is 38.4 Å². The number of amides is 1. The van der Waals surface area contributed by atoms with Gasteiger partial charge in [0.1, 0.15) is 5.60 Å². The maximum Gasteiger partial charge on any atom is 0.410 e. The van der Waals surface area contributed by atoms with Gasteiger partial charge in [0.25, 0.3) is 0 Å². The molecule has 0 spiro atoms. The van der Waals surface area contributed by atoms with E-state index >= 15 is 0 Å². The van der Waals surface area contributed by atoms with Crippen molar-refractivity contribution in [2.24, 2.45) is 5.73 Å². The summed E-state index contributed by atoms with van der Waals surface area (Å²) in [7, 11) is 0. The molecule has 1 aliphatic heterocycles. The van der Waals surface area contributed by atoms with Gasteiger partial charge in [-0.3, -0.25) is 0 Å². The molecule has 0 aliphatic carbocycles. The fourth-order valence-electron chi connectivity index (χ4n) is 3.04. The minimum atomic E-state index is -0.539. The molecule has 0 radical (unpaired) electrons. The predicted molar refractivity (Wildman–Crippen MR) is 105 cm³/mol. The molecule has 0 bridgehead atoms. The summed E-state index contributed by atoms with van der Waals surface area (Å²) in [6, 6.07) is 5.57. The van der Waals surface area contributed by atoms with Crippen molar-refractivity contribution in [1.82, 2.24) is 4.90 Å². The Morgan fingerprint density at radius 2 is 2.08 bits per heavy atom. The maximum absolute atomic E-state index is 12.6. The van der Waals surface area contributed by atoms with E-state index in [0.29, 0.717) is 36.3 Å². The monoisotopic (exact) mass is 402 g/mol. The molecule has 1 amide bonds. The minimum absolute atomic E-state index is 0.0219. The number of nitrogens with two attached hydrogens (primary N) is 1. The van der Waals surface area contributed by atoms with Crippen molar-refractivity contribution in [3.8, 4) is 0 Å². The van der Waals surface area contributed by atoms with Crippen molar-refractivity contribution >= 4 is 29.3 Å². The van der Waals surface area contributed by atoms with Crippen molar-refractivity contribution in [3.05, 3.63) is 33.8 Å². The van der Waals surface area contributed by atoms with E-state index in [1.807, 2.05) is 32.9 Å². The third-order valence-electron chi connectivity index (χ3n) is 4.28. The van der Waals surface area contributed by atoms with Crippen molar-refractivity contribution in [1.29, 1.82) is 0 Å². The molecule has 26 heavy (non-hydrogen) atoms. The lowest BCUT2D eigenvalue weighted by Crippen LogP contribution is -2.40. The Morgan fingerprint density at radius 1 is 1.35 bits per heavy atom. The molecule has 0 aromatic heterocycles. The minimum Gasteiger partial charge on any atom is -0.444 e. The Hall–Kier alpha value is -1.01. The molecular weight excluding hydrogens is 375 g/mol. The normalized spacial score (nSPS) is 21.4. The molecule has 7 heteroatoms. The Morgan fingerprint density at radius 3 is 2.69 bits per heavy atom. The summed E-state index contributed by atoms with van der Waals surface area (Å²) in [6.07, 6.45) is 1.31. The highest BCUT2D eigenvalue weighted by Gasteiger charge is 2.33. The zero-order valence-electron chi connectivity index (χ0n) is 15.6. The number of benzene rings is 1. The van der Waals surface area contributed by atoms with Crippen molar-refractivity contribution < 1.29 is 14.3 Å². The lowest BCUT2D eigenvalue weighted by atomic mass is 9.90. The van der Waals surface area contributed by atoms with Crippen LogP contribution in [0.25, 0.3) is 0 Å². The first-order chi connectivity index (χ1) is 12.2. The highest BCUT2D eigenvalue weighted by atomic mass is 35.5. The molecule has 2 atom stereocenters. The Labute approximate surface area is 165 Å². The van der Waals surface area contributed by atoms with E-state index in [9.17, 15) is 4.79 Å². The summed E-state index contributed by atoms with van der Waals surface area (Å²) >= 11 is 12.3. The van der Waals surface area contributed by atoms with E-state index in [2.05, 4.69) is 0 Å². The SMILES string of the molecule is CC(C)(C)OC(=O)N1CCOC(CCCN)C(c2ccc(Cl)c(Cl)c2)C1. The van der Waals surface area contributed by atoms with E-state index in [1.54, 1.807) is 11.0 Å². The van der Waals surface area contributed by atoms with Crippen LogP contribution < -0.4 is 5.73 Å². The highest BCUT2D eigenvalue weighted by Crippen LogP contribution is 2.33. The lowest BCUT2D eigenvalue weighted by Gasteiger charge is -2.30. The number of hydrogen-bond acceptors (Lipinski definition) is 4. The summed E-state index contributed by atoms with van der Waals surface area (Å²) in [5, 5.41) is 1.00. The maximum atomic E-state index is 12.6. The van der Waals surface area contributed by atoms with Gasteiger partial charge in [-0.1, -0.05) is 29.3 Å². The van der Waals surface area contributed by atoms with Crippen LogP contribution in [0.2, 0.25) is 10.0 Å². The molecule has 2 unspecified atom stereocenters. The summed E-state index contributed by atoms with van der Waals surface area (Å²) in [6.45, 7) is 7.64. The fraction of sp³-hybridized carbons (Fsp3) is 0.632. The molecule has 1 aromatic rings. The van der Waals surface area contributed by atoms with Gasteiger partial charge >= 0.3 is 6.09 Å². The molecule has 1 fully saturated rings. The predicted octanol–water partition coefficient (Wildman–Crippen LogP) is 4.45. The van der Waals surface area contributed by atoms with Gasteiger partial charge in [-0.15, -0.1) is 0 Å². The van der Waals surface area contributed by atoms with Gasteiger partial charge in [0.2, 0.25) is 0 Å². The number of nitrogens with zero attached hydrogens (tertiary/aromatic N) is 1. The molecular formula is C19H28Cl2N2O3. The van der Waals surface area contributed by atoms with Crippen LogP contribution in [0.5, 0.6) is 0 Å². The van der Waals surface area contributed by atoms with Gasteiger partial charge in [0, 0.05) is 19.0 Å². The van der Waals surface area contributed by atoms with Crippen LogP contribution in [-0.2, 0) is 9.47 Å². The summed E-state index contributed by atoms with van der Waals surface area (Å²) < 4.78 is 11.6. The van der Waals surface area contributed by atoms with Gasteiger partial charge in [-0.05, 0) is 57.9 Å². The van der Waals surface area contributed by atoms with Crippen LogP contribution in [0.1, 0.15) is 45.1 Å². The highest BCUT2D eigenvalue weighted by molar-refractivity contribution is 6.42. The van der Waals surface area contributed by atoms with Crippen LogP contribution >= 0.6 is 23.2 Å². The molecule has 2 rings (SSSR count). The van der Waals surface area contributed by atoms with Gasteiger partial charge in [-0.25, -0.2) is 4.79 Å². The molecule has 5 nitrogen and oxygen atoms in total. The Balaban J connectivity index is 2.25. The zero-order valence-corrected chi connectivity index (χ0v) is 17.1. The Kier molecular flexibility index (Phi) is 7.59. The first-order valence-electron chi connectivity index (χ1n) is 8.96. The summed E-state index contributed by atoms with van der Waals surface area (Å²) in [5.41, 5.74) is 6.14. The molecule has 1 aliphatic rings. The summed E-state index contributed by atoms with van der Waals surface area (Å²) in [4.78, 5) is 14.3. The van der Waals surface area contributed by atoms with Crippen LogP contribution in [0.4, 0.5) is 4.79 Å². The van der Waals surface area contributed by atoms with Gasteiger partial charge < -0.3 is 20.1 Å². The summed E-state index contributed by atoms with van der Waals surface area (Å²) in [5.74, 6) is -0.0219. The van der Waals surface area contributed by atoms with Crippen molar-refractivity contribution in [2.75, 3.05) is 26.2 Å². The number of carbonyl (C=O) groups is 1. The second kappa shape index (κ2) is 9.27. The van der Waals surface area contributed by atoms with Gasteiger partial charge in [0.15, 0.2) is 0 Å². The lowest BCUT2D eigenvalue weighted by molar-refractivity contribution is 0.0228. The first-order valence-corrected chi connectivity index (χ1v) is 9.71. The van der Waals surface area contributed by atoms with Crippen molar-refractivity contribution in [3.63, 3.8) is 0 Å². The van der Waals surface area contributed by atoms with Gasteiger partial charge in [0.05, 0.1) is 22.8 Å². The zero-order chi connectivity index (χ0) is 19.3. The van der Waals surface area contributed by atoms with Crippen LogP contribution in [0.15, 0.2) is 18.2 Å². The fourth-order valence-corrected chi connectivity index (χ4v) is 3.34. The molecule has 146 valence electrons. The number of rotatable bonds is 4. The third-order valence-corrected chi connectivity index (χ3v) is 5.01. The second-order valence-corrected chi connectivity index (χ2v) is 8.36. The standard InChI is InChI=1S/C19H28Cl2N2O3/c1-19(2,3)26-18(24)23-9-10-25-17(5-4-8-22)14(12-23)13-6-7-15(20)16(21)11-13/h6-7,11,14,17H,4-5,8-10,12,22H2,1-3H3. The number of hydrogen-bond donors (Lipinski definition) is 1. The van der Waals surface area contributed by atoms with E-state index in [1.165, 1.54) is 0 Å². The number of halogens is 2. The van der Waals surface area contributed by atoms with Crippen LogP contribution in [0, 0.1) is 0 Å². The average molecular weight is 403 g/mol. The molecule has 1 aromatic carbocycles. The topological polar surface area (TPSA) is 64.8 Å². The van der Waals surface area contributed by atoms with E-state index in [0.717, 1.165) is 18.4 Å². The first kappa shape index (κ1) is 21.3. The molecule has 0 saturated carbocycles. The quantitative estimate of drug-likeness (QED) is 0.807. The van der Waals surface area contributed by atoms with E-state index in [-0.39, 0.29) is 18.1 Å². The van der Waals surface area contributed by atoms with Crippen LogP contribution in [0.3, 0.4) is 0 Å². The Bertz CT molecular complexity index is 619. The molecule has 1 heterocycles. The number of ether oxygens (including phenoxy) is 2. The molecule has 2 N–H and O–H groups in total. The smallest absolute Gasteiger partial charge is 0.410 e. The number of carbonyl (C=O) groups excluding carboxylic acids is 1. The van der Waals surface area contributed by atoms with Crippen molar-refractivity contribution in [2.45, 2.75) is 51.2 Å².